The topological polar surface area (TPSA) is 66.9 Å². The van der Waals surface area contributed by atoms with Gasteiger partial charge < -0.3 is 10.6 Å². The van der Waals surface area contributed by atoms with Crippen LogP contribution in [0.2, 0.25) is 0 Å². The average Bonchev–Trinajstić information content (AvgIpc) is 2.59. The molecule has 0 aliphatic heterocycles. The van der Waals surface area contributed by atoms with Gasteiger partial charge in [-0.15, -0.1) is 0 Å². The van der Waals surface area contributed by atoms with E-state index in [0.29, 0.717) is 5.95 Å². The highest BCUT2D eigenvalue weighted by Crippen LogP contribution is 2.30. The second-order valence-electron chi connectivity index (χ2n) is 5.46. The van der Waals surface area contributed by atoms with Gasteiger partial charge in [-0.1, -0.05) is 25.8 Å². The molecule has 0 fully saturated rings. The maximum Gasteiger partial charge on any atom is 0.416 e. The van der Waals surface area contributed by atoms with Crippen molar-refractivity contribution in [3.8, 4) is 0 Å². The van der Waals surface area contributed by atoms with E-state index in [-0.39, 0.29) is 11.3 Å². The number of aromatic nitrogens is 2. The molecule has 2 rings (SSSR count). The Morgan fingerprint density at radius 2 is 1.88 bits per heavy atom. The SMILES string of the molecule is CCCCCNc1ncc(C(=O)Nc2cccc(C(F)(F)F)c2)cn1. The highest BCUT2D eigenvalue weighted by molar-refractivity contribution is 6.03. The molecule has 1 aromatic carbocycles. The number of unbranched alkanes of at least 4 members (excludes halogenated alkanes) is 2. The van der Waals surface area contributed by atoms with Gasteiger partial charge in [0, 0.05) is 24.6 Å². The van der Waals surface area contributed by atoms with Crippen LogP contribution in [0.25, 0.3) is 0 Å². The summed E-state index contributed by atoms with van der Waals surface area (Å²) in [6.45, 7) is 2.85. The normalized spacial score (nSPS) is 11.2. The lowest BCUT2D eigenvalue weighted by Crippen LogP contribution is -2.14. The third-order valence-electron chi connectivity index (χ3n) is 3.43. The van der Waals surface area contributed by atoms with E-state index in [0.717, 1.165) is 37.9 Å². The van der Waals surface area contributed by atoms with Gasteiger partial charge in [0.1, 0.15) is 0 Å². The van der Waals surface area contributed by atoms with Crippen LogP contribution < -0.4 is 10.6 Å². The van der Waals surface area contributed by atoms with Crippen molar-refractivity contribution in [3.05, 3.63) is 47.8 Å². The first-order chi connectivity index (χ1) is 11.9. The second-order valence-corrected chi connectivity index (χ2v) is 5.46. The Hall–Kier alpha value is -2.64. The van der Waals surface area contributed by atoms with Crippen molar-refractivity contribution >= 4 is 17.5 Å². The van der Waals surface area contributed by atoms with E-state index < -0.39 is 17.6 Å². The smallest absolute Gasteiger partial charge is 0.354 e. The van der Waals surface area contributed by atoms with E-state index in [1.807, 2.05) is 0 Å². The highest BCUT2D eigenvalue weighted by Gasteiger charge is 2.30. The van der Waals surface area contributed by atoms with E-state index in [4.69, 9.17) is 0 Å². The molecule has 8 heteroatoms. The molecule has 1 heterocycles. The lowest BCUT2D eigenvalue weighted by molar-refractivity contribution is -0.137. The number of carbonyl (C=O) groups excluding carboxylic acids is 1. The summed E-state index contributed by atoms with van der Waals surface area (Å²) in [6.07, 6.45) is 1.41. The molecule has 0 saturated heterocycles. The molecule has 0 unspecified atom stereocenters. The number of halogens is 3. The quantitative estimate of drug-likeness (QED) is 0.727. The Kier molecular flexibility index (Phi) is 6.32. The van der Waals surface area contributed by atoms with Crippen molar-refractivity contribution in [1.82, 2.24) is 9.97 Å². The lowest BCUT2D eigenvalue weighted by Gasteiger charge is -2.10. The number of anilines is 2. The van der Waals surface area contributed by atoms with Crippen molar-refractivity contribution in [2.24, 2.45) is 0 Å². The number of amides is 1. The fourth-order valence-corrected chi connectivity index (χ4v) is 2.09. The average molecular weight is 352 g/mol. The Labute approximate surface area is 143 Å². The Morgan fingerprint density at radius 1 is 1.16 bits per heavy atom. The predicted molar refractivity (Wildman–Crippen MR) is 89.4 cm³/mol. The first-order valence-corrected chi connectivity index (χ1v) is 7.94. The molecule has 1 aromatic heterocycles. The zero-order valence-corrected chi connectivity index (χ0v) is 13.7. The molecular formula is C17H19F3N4O. The highest BCUT2D eigenvalue weighted by atomic mass is 19.4. The maximum absolute atomic E-state index is 12.7. The third kappa shape index (κ3) is 5.74. The van der Waals surface area contributed by atoms with E-state index >= 15 is 0 Å². The van der Waals surface area contributed by atoms with Crippen LogP contribution in [-0.2, 0) is 6.18 Å². The standard InChI is InChI=1S/C17H19F3N4O/c1-2-3-4-8-21-16-22-10-12(11-23-16)15(25)24-14-7-5-6-13(9-14)17(18,19)20/h5-7,9-11H,2-4,8H2,1H3,(H,24,25)(H,21,22,23). The van der Waals surface area contributed by atoms with Gasteiger partial charge in [0.25, 0.3) is 5.91 Å². The molecule has 0 bridgehead atoms. The number of rotatable bonds is 7. The molecule has 0 aliphatic rings. The number of benzene rings is 1. The number of nitrogens with zero attached hydrogens (tertiary/aromatic N) is 2. The van der Waals surface area contributed by atoms with Crippen molar-refractivity contribution in [2.45, 2.75) is 32.4 Å². The Bertz CT molecular complexity index is 702. The van der Waals surface area contributed by atoms with Crippen LogP contribution in [0.15, 0.2) is 36.7 Å². The summed E-state index contributed by atoms with van der Waals surface area (Å²) < 4.78 is 38.0. The van der Waals surface area contributed by atoms with Crippen LogP contribution in [0.3, 0.4) is 0 Å². The lowest BCUT2D eigenvalue weighted by atomic mass is 10.2. The van der Waals surface area contributed by atoms with E-state index in [9.17, 15) is 18.0 Å². The van der Waals surface area contributed by atoms with Crippen molar-refractivity contribution in [3.63, 3.8) is 0 Å². The first-order valence-electron chi connectivity index (χ1n) is 7.94. The third-order valence-corrected chi connectivity index (χ3v) is 3.43. The molecule has 0 spiro atoms. The van der Waals surface area contributed by atoms with Crippen LogP contribution in [0.4, 0.5) is 24.8 Å². The van der Waals surface area contributed by atoms with Crippen LogP contribution in [0.5, 0.6) is 0 Å². The monoisotopic (exact) mass is 352 g/mol. The molecule has 1 amide bonds. The number of alkyl halides is 3. The summed E-state index contributed by atoms with van der Waals surface area (Å²) >= 11 is 0. The van der Waals surface area contributed by atoms with E-state index in [2.05, 4.69) is 27.5 Å². The molecule has 2 aromatic rings. The van der Waals surface area contributed by atoms with Gasteiger partial charge in [-0.25, -0.2) is 9.97 Å². The zero-order valence-electron chi connectivity index (χ0n) is 13.7. The van der Waals surface area contributed by atoms with Crippen molar-refractivity contribution in [2.75, 3.05) is 17.2 Å². The Balaban J connectivity index is 1.97. The van der Waals surface area contributed by atoms with Crippen LogP contribution in [-0.4, -0.2) is 22.4 Å². The largest absolute Gasteiger partial charge is 0.416 e. The first kappa shape index (κ1) is 18.7. The van der Waals surface area contributed by atoms with Gasteiger partial charge in [-0.2, -0.15) is 13.2 Å². The van der Waals surface area contributed by atoms with E-state index in [1.165, 1.54) is 24.5 Å². The molecule has 0 atom stereocenters. The molecular weight excluding hydrogens is 333 g/mol. The summed E-state index contributed by atoms with van der Waals surface area (Å²) in [4.78, 5) is 20.2. The molecule has 0 aliphatic carbocycles. The van der Waals surface area contributed by atoms with Gasteiger partial charge in [0.2, 0.25) is 5.95 Å². The van der Waals surface area contributed by atoms with Gasteiger partial charge in [-0.3, -0.25) is 4.79 Å². The minimum Gasteiger partial charge on any atom is -0.354 e. The van der Waals surface area contributed by atoms with Gasteiger partial charge in [0.15, 0.2) is 0 Å². The summed E-state index contributed by atoms with van der Waals surface area (Å²) in [5.41, 5.74) is -0.605. The van der Waals surface area contributed by atoms with Gasteiger partial charge in [0.05, 0.1) is 11.1 Å². The summed E-state index contributed by atoms with van der Waals surface area (Å²) in [7, 11) is 0. The zero-order chi connectivity index (χ0) is 18.3. The predicted octanol–water partition coefficient (Wildman–Crippen LogP) is 4.35. The molecule has 0 saturated carbocycles. The summed E-state index contributed by atoms with van der Waals surface area (Å²) in [6, 6.07) is 4.44. The summed E-state index contributed by atoms with van der Waals surface area (Å²) in [5, 5.41) is 5.45. The number of nitrogens with one attached hydrogen (secondary N) is 2. The molecule has 25 heavy (non-hydrogen) atoms. The fraction of sp³-hybridized carbons (Fsp3) is 0.353. The number of hydrogen-bond acceptors (Lipinski definition) is 4. The second kappa shape index (κ2) is 8.46. The van der Waals surface area contributed by atoms with Crippen LogP contribution in [0.1, 0.15) is 42.1 Å². The Morgan fingerprint density at radius 3 is 2.52 bits per heavy atom. The molecule has 0 radical (unpaired) electrons. The fourth-order valence-electron chi connectivity index (χ4n) is 2.09. The molecule has 2 N–H and O–H groups in total. The van der Waals surface area contributed by atoms with Crippen molar-refractivity contribution < 1.29 is 18.0 Å². The van der Waals surface area contributed by atoms with E-state index in [1.54, 1.807) is 0 Å². The van der Waals surface area contributed by atoms with Crippen molar-refractivity contribution in [1.29, 1.82) is 0 Å². The van der Waals surface area contributed by atoms with Crippen LogP contribution >= 0.6 is 0 Å². The molecule has 5 nitrogen and oxygen atoms in total. The minimum absolute atomic E-state index is 0.0570. The summed E-state index contributed by atoms with van der Waals surface area (Å²) in [5.74, 6) is -0.163. The number of carbonyl (C=O) groups is 1. The van der Waals surface area contributed by atoms with Gasteiger partial charge in [-0.05, 0) is 24.6 Å². The maximum atomic E-state index is 12.7. The van der Waals surface area contributed by atoms with Gasteiger partial charge >= 0.3 is 6.18 Å². The number of hydrogen-bond donors (Lipinski definition) is 2. The van der Waals surface area contributed by atoms with Crippen LogP contribution in [0, 0.1) is 0 Å². The molecule has 134 valence electrons. The minimum atomic E-state index is -4.46.